The molecule has 1 N–H and O–H groups in total. The molecule has 0 aliphatic carbocycles. The van der Waals surface area contributed by atoms with Crippen molar-refractivity contribution in [2.45, 2.75) is 31.7 Å². The predicted molar refractivity (Wildman–Crippen MR) is 104 cm³/mol. The molecule has 7 nitrogen and oxygen atoms in total. The standard InChI is InChI=1S/C17H17F2N5O2S2/c1-10(2)24-9-20-23-17(24)28-8-14(25)22-16-21-12(7-27-16)11-5-3-4-6-13(11)26-15(18)19/h3-7,9-10,15H,8H2,1-2H3,(H,21,22,25). The summed E-state index contributed by atoms with van der Waals surface area (Å²) in [6.45, 7) is 1.07. The third kappa shape index (κ3) is 5.04. The van der Waals surface area contributed by atoms with Crippen molar-refractivity contribution in [3.8, 4) is 17.0 Å². The summed E-state index contributed by atoms with van der Waals surface area (Å²) in [6.07, 6.45) is 1.62. The molecule has 11 heteroatoms. The third-order valence-electron chi connectivity index (χ3n) is 3.56. The molecule has 0 aliphatic rings. The van der Waals surface area contributed by atoms with Crippen LogP contribution in [0.1, 0.15) is 19.9 Å². The summed E-state index contributed by atoms with van der Waals surface area (Å²) in [7, 11) is 0. The van der Waals surface area contributed by atoms with Crippen LogP contribution in [-0.2, 0) is 4.79 Å². The van der Waals surface area contributed by atoms with Crippen molar-refractivity contribution in [3.05, 3.63) is 36.0 Å². The van der Waals surface area contributed by atoms with Crippen LogP contribution in [-0.4, -0.2) is 38.0 Å². The Morgan fingerprint density at radius 1 is 1.36 bits per heavy atom. The van der Waals surface area contributed by atoms with Gasteiger partial charge in [-0.15, -0.1) is 21.5 Å². The minimum absolute atomic E-state index is 0.0317. The number of anilines is 1. The minimum Gasteiger partial charge on any atom is -0.434 e. The van der Waals surface area contributed by atoms with Gasteiger partial charge in [0.2, 0.25) is 5.91 Å². The van der Waals surface area contributed by atoms with E-state index in [4.69, 9.17) is 0 Å². The van der Waals surface area contributed by atoms with Crippen molar-refractivity contribution < 1.29 is 18.3 Å². The van der Waals surface area contributed by atoms with Gasteiger partial charge in [-0.05, 0) is 26.0 Å². The Bertz CT molecular complexity index is 945. The number of para-hydroxylation sites is 1. The van der Waals surface area contributed by atoms with E-state index in [1.54, 1.807) is 29.9 Å². The van der Waals surface area contributed by atoms with Crippen molar-refractivity contribution in [2.75, 3.05) is 11.1 Å². The molecule has 0 saturated carbocycles. The second-order valence-electron chi connectivity index (χ2n) is 5.86. The van der Waals surface area contributed by atoms with Crippen LogP contribution in [0.15, 0.2) is 41.1 Å². The van der Waals surface area contributed by atoms with Gasteiger partial charge in [-0.1, -0.05) is 23.9 Å². The van der Waals surface area contributed by atoms with Gasteiger partial charge in [0.1, 0.15) is 12.1 Å². The number of amides is 1. The molecule has 3 aromatic rings. The number of alkyl halides is 2. The molecule has 0 atom stereocenters. The average Bonchev–Trinajstić information content (AvgIpc) is 3.29. The zero-order chi connectivity index (χ0) is 20.1. The van der Waals surface area contributed by atoms with E-state index >= 15 is 0 Å². The van der Waals surface area contributed by atoms with Crippen molar-refractivity contribution in [2.24, 2.45) is 0 Å². The highest BCUT2D eigenvalue weighted by molar-refractivity contribution is 7.99. The van der Waals surface area contributed by atoms with E-state index in [1.165, 1.54) is 29.2 Å². The van der Waals surface area contributed by atoms with Crippen LogP contribution in [0.2, 0.25) is 0 Å². The van der Waals surface area contributed by atoms with Gasteiger partial charge < -0.3 is 14.6 Å². The second-order valence-corrected chi connectivity index (χ2v) is 7.66. The van der Waals surface area contributed by atoms with E-state index in [2.05, 4.69) is 25.2 Å². The number of thioether (sulfide) groups is 1. The third-order valence-corrected chi connectivity index (χ3v) is 5.27. The first-order valence-electron chi connectivity index (χ1n) is 8.26. The summed E-state index contributed by atoms with van der Waals surface area (Å²) in [5, 5.41) is 13.3. The Kier molecular flexibility index (Phi) is 6.57. The van der Waals surface area contributed by atoms with E-state index in [-0.39, 0.29) is 23.5 Å². The monoisotopic (exact) mass is 425 g/mol. The quantitative estimate of drug-likeness (QED) is 0.542. The molecule has 1 amide bonds. The van der Waals surface area contributed by atoms with Crippen LogP contribution < -0.4 is 10.1 Å². The Morgan fingerprint density at radius 2 is 2.14 bits per heavy atom. The Morgan fingerprint density at radius 3 is 2.89 bits per heavy atom. The largest absolute Gasteiger partial charge is 0.434 e. The first-order chi connectivity index (χ1) is 13.4. The number of carbonyl (C=O) groups is 1. The maximum atomic E-state index is 12.6. The van der Waals surface area contributed by atoms with Crippen LogP contribution in [0.5, 0.6) is 5.75 Å². The van der Waals surface area contributed by atoms with Crippen LogP contribution in [0.4, 0.5) is 13.9 Å². The van der Waals surface area contributed by atoms with Gasteiger partial charge >= 0.3 is 6.61 Å². The summed E-state index contributed by atoms with van der Waals surface area (Å²) in [4.78, 5) is 16.5. The lowest BCUT2D eigenvalue weighted by Crippen LogP contribution is -2.14. The molecular weight excluding hydrogens is 408 g/mol. The van der Waals surface area contributed by atoms with Crippen molar-refractivity contribution >= 4 is 34.1 Å². The number of hydrogen-bond donors (Lipinski definition) is 1. The van der Waals surface area contributed by atoms with Crippen LogP contribution in [0.3, 0.4) is 0 Å². The van der Waals surface area contributed by atoms with Gasteiger partial charge in [0, 0.05) is 17.0 Å². The van der Waals surface area contributed by atoms with Gasteiger partial charge in [0.25, 0.3) is 0 Å². The molecule has 2 aromatic heterocycles. The Hall–Kier alpha value is -2.53. The number of nitrogens with zero attached hydrogens (tertiary/aromatic N) is 4. The van der Waals surface area contributed by atoms with Gasteiger partial charge in [0.15, 0.2) is 10.3 Å². The molecule has 3 rings (SSSR count). The van der Waals surface area contributed by atoms with E-state index < -0.39 is 6.61 Å². The zero-order valence-electron chi connectivity index (χ0n) is 15.0. The molecule has 2 heterocycles. The molecule has 0 spiro atoms. The van der Waals surface area contributed by atoms with Crippen molar-refractivity contribution in [1.29, 1.82) is 0 Å². The molecule has 0 radical (unpaired) electrons. The van der Waals surface area contributed by atoms with E-state index in [0.29, 0.717) is 21.5 Å². The van der Waals surface area contributed by atoms with Crippen LogP contribution in [0.25, 0.3) is 11.3 Å². The van der Waals surface area contributed by atoms with Gasteiger partial charge in [-0.25, -0.2) is 4.98 Å². The van der Waals surface area contributed by atoms with E-state index in [0.717, 1.165) is 0 Å². The highest BCUT2D eigenvalue weighted by Crippen LogP contribution is 2.33. The number of rotatable bonds is 8. The van der Waals surface area contributed by atoms with Gasteiger partial charge in [-0.2, -0.15) is 8.78 Å². The maximum absolute atomic E-state index is 12.6. The molecule has 1 aromatic carbocycles. The predicted octanol–water partition coefficient (Wildman–Crippen LogP) is 4.31. The van der Waals surface area contributed by atoms with Crippen LogP contribution >= 0.6 is 23.1 Å². The topological polar surface area (TPSA) is 81.9 Å². The van der Waals surface area contributed by atoms with E-state index in [1.807, 2.05) is 18.4 Å². The Labute approximate surface area is 168 Å². The molecule has 148 valence electrons. The first kappa shape index (κ1) is 20.2. The summed E-state index contributed by atoms with van der Waals surface area (Å²) >= 11 is 2.48. The number of aromatic nitrogens is 4. The molecule has 0 aliphatic heterocycles. The fourth-order valence-electron chi connectivity index (χ4n) is 2.31. The molecule has 0 saturated heterocycles. The van der Waals surface area contributed by atoms with Crippen molar-refractivity contribution in [1.82, 2.24) is 19.7 Å². The lowest BCUT2D eigenvalue weighted by atomic mass is 10.1. The molecule has 28 heavy (non-hydrogen) atoms. The number of nitrogens with one attached hydrogen (secondary N) is 1. The number of benzene rings is 1. The molecule has 0 fully saturated rings. The Balaban J connectivity index is 1.63. The molecule has 0 bridgehead atoms. The molecular formula is C17H17F2N5O2S2. The summed E-state index contributed by atoms with van der Waals surface area (Å²) < 4.78 is 31.5. The van der Waals surface area contributed by atoms with Gasteiger partial charge in [0.05, 0.1) is 11.4 Å². The average molecular weight is 425 g/mol. The fourth-order valence-corrected chi connectivity index (χ4v) is 3.88. The number of hydrogen-bond acceptors (Lipinski definition) is 7. The van der Waals surface area contributed by atoms with Gasteiger partial charge in [-0.3, -0.25) is 4.79 Å². The first-order valence-corrected chi connectivity index (χ1v) is 10.1. The normalized spacial score (nSPS) is 11.2. The number of halogens is 2. The second kappa shape index (κ2) is 9.11. The minimum atomic E-state index is -2.93. The highest BCUT2D eigenvalue weighted by atomic mass is 32.2. The fraction of sp³-hybridized carbons (Fsp3) is 0.294. The lowest BCUT2D eigenvalue weighted by Gasteiger charge is -2.09. The SMILES string of the molecule is CC(C)n1cnnc1SCC(=O)Nc1nc(-c2ccccc2OC(F)F)cs1. The van der Waals surface area contributed by atoms with E-state index in [9.17, 15) is 13.6 Å². The lowest BCUT2D eigenvalue weighted by molar-refractivity contribution is -0.113. The highest BCUT2D eigenvalue weighted by Gasteiger charge is 2.15. The number of ether oxygens (including phenoxy) is 1. The molecule has 0 unspecified atom stereocenters. The maximum Gasteiger partial charge on any atom is 0.387 e. The smallest absolute Gasteiger partial charge is 0.387 e. The zero-order valence-corrected chi connectivity index (χ0v) is 16.6. The number of carbonyl (C=O) groups excluding carboxylic acids is 1. The number of thiazole rings is 1. The van der Waals surface area contributed by atoms with Crippen molar-refractivity contribution in [3.63, 3.8) is 0 Å². The van der Waals surface area contributed by atoms with Crippen LogP contribution in [0, 0.1) is 0 Å². The summed E-state index contributed by atoms with van der Waals surface area (Å²) in [5.41, 5.74) is 0.878. The summed E-state index contributed by atoms with van der Waals surface area (Å²) in [6, 6.07) is 6.57. The summed E-state index contributed by atoms with van der Waals surface area (Å²) in [5.74, 6) is -0.0728.